The molecule has 3 atom stereocenters. The number of rotatable bonds is 3. The minimum atomic E-state index is 0.0739. The van der Waals surface area contributed by atoms with Gasteiger partial charge in [-0.05, 0) is 37.0 Å². The monoisotopic (exact) mass is 292 g/mol. The molecule has 20 heavy (non-hydrogen) atoms. The molecule has 0 aliphatic carbocycles. The number of fused-ring (bicyclic) bond motifs is 3. The van der Waals surface area contributed by atoms with Gasteiger partial charge in [-0.3, -0.25) is 4.79 Å². The molecule has 0 saturated carbocycles. The van der Waals surface area contributed by atoms with Crippen LogP contribution in [0.5, 0.6) is 5.75 Å². The van der Waals surface area contributed by atoms with Crippen LogP contribution < -0.4 is 4.74 Å². The molecule has 2 saturated heterocycles. The first-order chi connectivity index (χ1) is 9.70. The van der Waals surface area contributed by atoms with E-state index >= 15 is 0 Å². The van der Waals surface area contributed by atoms with Crippen molar-refractivity contribution < 1.29 is 14.3 Å². The molecule has 3 aliphatic rings. The zero-order chi connectivity index (χ0) is 13.7. The second kappa shape index (κ2) is 4.74. The van der Waals surface area contributed by atoms with Crippen LogP contribution in [0.15, 0.2) is 12.1 Å². The molecule has 3 aliphatic heterocycles. The quantitative estimate of drug-likeness (QED) is 0.859. The average molecular weight is 293 g/mol. The Morgan fingerprint density at radius 2 is 2.25 bits per heavy atom. The highest BCUT2D eigenvalue weighted by atomic mass is 35.5. The third kappa shape index (κ3) is 2.04. The first-order valence-corrected chi connectivity index (χ1v) is 7.71. The molecule has 4 rings (SSSR count). The van der Waals surface area contributed by atoms with Gasteiger partial charge in [0.2, 0.25) is 0 Å². The van der Waals surface area contributed by atoms with Crippen molar-refractivity contribution in [3.8, 4) is 5.75 Å². The van der Waals surface area contributed by atoms with Gasteiger partial charge in [-0.2, -0.15) is 0 Å². The van der Waals surface area contributed by atoms with Crippen molar-refractivity contribution in [1.82, 2.24) is 0 Å². The lowest BCUT2D eigenvalue weighted by Gasteiger charge is -2.18. The summed E-state index contributed by atoms with van der Waals surface area (Å²) in [6, 6.07) is 3.82. The van der Waals surface area contributed by atoms with Crippen molar-refractivity contribution in [2.45, 2.75) is 44.3 Å². The molecule has 0 aromatic heterocycles. The number of hydrogen-bond acceptors (Lipinski definition) is 3. The van der Waals surface area contributed by atoms with E-state index in [-0.39, 0.29) is 17.8 Å². The van der Waals surface area contributed by atoms with Crippen LogP contribution >= 0.6 is 11.6 Å². The molecule has 3 nitrogen and oxygen atoms in total. The summed E-state index contributed by atoms with van der Waals surface area (Å²) in [5, 5.41) is 0.696. The predicted molar refractivity (Wildman–Crippen MR) is 75.4 cm³/mol. The van der Waals surface area contributed by atoms with E-state index in [0.29, 0.717) is 24.2 Å². The zero-order valence-electron chi connectivity index (χ0n) is 11.2. The highest BCUT2D eigenvalue weighted by Gasteiger charge is 2.44. The third-order valence-electron chi connectivity index (χ3n) is 4.71. The molecule has 4 heteroatoms. The smallest absolute Gasteiger partial charge is 0.143 e. The number of carbonyl (C=O) groups excluding carboxylic acids is 1. The number of halogens is 1. The van der Waals surface area contributed by atoms with Gasteiger partial charge in [0, 0.05) is 29.3 Å². The average Bonchev–Trinajstić information content (AvgIpc) is 3.13. The summed E-state index contributed by atoms with van der Waals surface area (Å²) < 4.78 is 11.4. The molecule has 3 unspecified atom stereocenters. The van der Waals surface area contributed by atoms with Gasteiger partial charge in [-0.1, -0.05) is 11.6 Å². The van der Waals surface area contributed by atoms with Gasteiger partial charge in [-0.15, -0.1) is 0 Å². The van der Waals surface area contributed by atoms with Crippen LogP contribution in [0.3, 0.4) is 0 Å². The van der Waals surface area contributed by atoms with E-state index in [1.807, 2.05) is 12.1 Å². The Labute approximate surface area is 123 Å². The Morgan fingerprint density at radius 3 is 3.00 bits per heavy atom. The number of ether oxygens (including phenoxy) is 2. The maximum atomic E-state index is 12.5. The van der Waals surface area contributed by atoms with Gasteiger partial charge in [0.1, 0.15) is 11.5 Å². The van der Waals surface area contributed by atoms with E-state index in [1.165, 1.54) is 0 Å². The zero-order valence-corrected chi connectivity index (χ0v) is 12.0. The number of Topliss-reactive ketones (excluding diaryl/α,β-unsaturated/α-hetero) is 1. The summed E-state index contributed by atoms with van der Waals surface area (Å²) >= 11 is 6.14. The molecule has 0 spiro atoms. The lowest BCUT2D eigenvalue weighted by molar-refractivity contribution is -0.123. The molecule has 0 amide bonds. The fourth-order valence-electron chi connectivity index (χ4n) is 3.77. The normalized spacial score (nSPS) is 30.4. The van der Waals surface area contributed by atoms with Gasteiger partial charge < -0.3 is 9.47 Å². The lowest BCUT2D eigenvalue weighted by Crippen LogP contribution is -2.26. The minimum absolute atomic E-state index is 0.0739. The Bertz CT molecular complexity index is 569. The largest absolute Gasteiger partial charge is 0.493 e. The van der Waals surface area contributed by atoms with Gasteiger partial charge in [0.25, 0.3) is 0 Å². The van der Waals surface area contributed by atoms with E-state index in [2.05, 4.69) is 0 Å². The minimum Gasteiger partial charge on any atom is -0.493 e. The van der Waals surface area contributed by atoms with E-state index in [9.17, 15) is 4.79 Å². The van der Waals surface area contributed by atoms with Crippen LogP contribution in [0.4, 0.5) is 0 Å². The standard InChI is InChI=1S/C16H17ClO3/c17-11-5-9-3-4-19-16(9)10(6-11)7-14(18)13-8-12-1-2-15(13)20-12/h5-6,12-13,15H,1-4,7-8H2. The highest BCUT2D eigenvalue weighted by Crippen LogP contribution is 2.40. The summed E-state index contributed by atoms with van der Waals surface area (Å²) in [7, 11) is 0. The molecule has 106 valence electrons. The number of benzene rings is 1. The fraction of sp³-hybridized carbons (Fsp3) is 0.562. The van der Waals surface area contributed by atoms with Gasteiger partial charge >= 0.3 is 0 Å². The van der Waals surface area contributed by atoms with Crippen molar-refractivity contribution in [1.29, 1.82) is 0 Å². The Hall–Kier alpha value is -1.06. The lowest BCUT2D eigenvalue weighted by atomic mass is 9.84. The van der Waals surface area contributed by atoms with Crippen LogP contribution in [0.2, 0.25) is 5.02 Å². The fourth-order valence-corrected chi connectivity index (χ4v) is 4.04. The Balaban J connectivity index is 1.56. The topological polar surface area (TPSA) is 35.5 Å². The Kier molecular flexibility index (Phi) is 3.00. The van der Waals surface area contributed by atoms with Gasteiger partial charge in [0.15, 0.2) is 0 Å². The summed E-state index contributed by atoms with van der Waals surface area (Å²) in [4.78, 5) is 12.5. The third-order valence-corrected chi connectivity index (χ3v) is 4.93. The molecule has 0 radical (unpaired) electrons. The van der Waals surface area contributed by atoms with Gasteiger partial charge in [-0.25, -0.2) is 0 Å². The van der Waals surface area contributed by atoms with E-state index in [1.54, 1.807) is 0 Å². The van der Waals surface area contributed by atoms with Crippen molar-refractivity contribution >= 4 is 17.4 Å². The van der Waals surface area contributed by atoms with Crippen LogP contribution in [0.1, 0.15) is 30.4 Å². The Morgan fingerprint density at radius 1 is 1.35 bits per heavy atom. The molecule has 3 heterocycles. The first-order valence-electron chi connectivity index (χ1n) is 7.33. The van der Waals surface area contributed by atoms with Crippen LogP contribution in [-0.4, -0.2) is 24.6 Å². The number of hydrogen-bond donors (Lipinski definition) is 0. The van der Waals surface area contributed by atoms with Gasteiger partial charge in [0.05, 0.1) is 18.8 Å². The summed E-state index contributed by atoms with van der Waals surface area (Å²) in [5.74, 6) is 1.23. The maximum Gasteiger partial charge on any atom is 0.143 e. The van der Waals surface area contributed by atoms with Crippen LogP contribution in [-0.2, 0) is 22.4 Å². The van der Waals surface area contributed by atoms with Crippen molar-refractivity contribution in [2.24, 2.45) is 5.92 Å². The SMILES string of the molecule is O=C(Cc1cc(Cl)cc2c1OCC2)C1CC2CCC1O2. The molecule has 2 fully saturated rings. The van der Waals surface area contributed by atoms with E-state index in [0.717, 1.165) is 42.6 Å². The van der Waals surface area contributed by atoms with Crippen molar-refractivity contribution in [2.75, 3.05) is 6.61 Å². The van der Waals surface area contributed by atoms with Crippen molar-refractivity contribution in [3.05, 3.63) is 28.3 Å². The predicted octanol–water partition coefficient (Wildman–Crippen LogP) is 2.95. The van der Waals surface area contributed by atoms with Crippen molar-refractivity contribution in [3.63, 3.8) is 0 Å². The van der Waals surface area contributed by atoms with Crippen LogP contribution in [0, 0.1) is 5.92 Å². The molecular weight excluding hydrogens is 276 g/mol. The van der Waals surface area contributed by atoms with E-state index in [4.69, 9.17) is 21.1 Å². The number of carbonyl (C=O) groups is 1. The van der Waals surface area contributed by atoms with E-state index < -0.39 is 0 Å². The second-order valence-electron chi connectivity index (χ2n) is 6.01. The second-order valence-corrected chi connectivity index (χ2v) is 6.45. The molecule has 0 N–H and O–H groups in total. The molecule has 1 aromatic rings. The summed E-state index contributed by atoms with van der Waals surface area (Å²) in [6.07, 6.45) is 4.81. The number of ketones is 1. The molecular formula is C16H17ClO3. The highest BCUT2D eigenvalue weighted by molar-refractivity contribution is 6.30. The summed E-state index contributed by atoms with van der Waals surface area (Å²) in [5.41, 5.74) is 2.07. The molecule has 2 bridgehead atoms. The maximum absolute atomic E-state index is 12.5. The van der Waals surface area contributed by atoms with Crippen LogP contribution in [0.25, 0.3) is 0 Å². The summed E-state index contributed by atoms with van der Waals surface area (Å²) in [6.45, 7) is 0.689. The molecule has 1 aromatic carbocycles. The first kappa shape index (κ1) is 12.7.